The van der Waals surface area contributed by atoms with Crippen LogP contribution in [0.2, 0.25) is 0 Å². The molecule has 2 aromatic carbocycles. The molecule has 0 saturated heterocycles. The van der Waals surface area contributed by atoms with Crippen LogP contribution in [0.5, 0.6) is 5.75 Å². The highest BCUT2D eigenvalue weighted by atomic mass is 16.5. The highest BCUT2D eigenvalue weighted by molar-refractivity contribution is 5.89. The molecule has 0 saturated carbocycles. The first-order valence-corrected chi connectivity index (χ1v) is 6.84. The SMILES string of the molecule is COc1cccc(C(O)c2ncc(C#N)c3ccccc23)c1. The number of methoxy groups -OCH3 is 1. The molecule has 0 aliphatic heterocycles. The zero-order valence-corrected chi connectivity index (χ0v) is 12.0. The van der Waals surface area contributed by atoms with Gasteiger partial charge in [-0.05, 0) is 17.7 Å². The third kappa shape index (κ3) is 2.39. The Morgan fingerprint density at radius 3 is 2.64 bits per heavy atom. The molecule has 0 amide bonds. The van der Waals surface area contributed by atoms with Crippen molar-refractivity contribution in [3.8, 4) is 11.8 Å². The number of benzene rings is 2. The van der Waals surface area contributed by atoms with Gasteiger partial charge in [0.15, 0.2) is 0 Å². The Kier molecular flexibility index (Phi) is 3.73. The molecule has 0 radical (unpaired) electrons. The summed E-state index contributed by atoms with van der Waals surface area (Å²) in [7, 11) is 1.58. The molecule has 0 bridgehead atoms. The zero-order chi connectivity index (χ0) is 15.5. The van der Waals surface area contributed by atoms with E-state index >= 15 is 0 Å². The molecular formula is C18H14N2O2. The van der Waals surface area contributed by atoms with E-state index in [0.717, 1.165) is 10.8 Å². The highest BCUT2D eigenvalue weighted by Gasteiger charge is 2.17. The number of nitriles is 1. The molecule has 1 aromatic heterocycles. The van der Waals surface area contributed by atoms with E-state index in [4.69, 9.17) is 4.74 Å². The molecule has 1 N–H and O–H groups in total. The Morgan fingerprint density at radius 1 is 1.14 bits per heavy atom. The van der Waals surface area contributed by atoms with Crippen LogP contribution < -0.4 is 4.74 Å². The number of aliphatic hydroxyl groups excluding tert-OH is 1. The summed E-state index contributed by atoms with van der Waals surface area (Å²) in [6.07, 6.45) is 0.619. The van der Waals surface area contributed by atoms with E-state index in [1.54, 1.807) is 13.2 Å². The number of rotatable bonds is 3. The van der Waals surface area contributed by atoms with Gasteiger partial charge in [0.25, 0.3) is 0 Å². The summed E-state index contributed by atoms with van der Waals surface area (Å²) in [6.45, 7) is 0. The fraction of sp³-hybridized carbons (Fsp3) is 0.111. The summed E-state index contributed by atoms with van der Waals surface area (Å²) in [5.74, 6) is 0.675. The van der Waals surface area contributed by atoms with Crippen molar-refractivity contribution in [2.75, 3.05) is 7.11 Å². The zero-order valence-electron chi connectivity index (χ0n) is 12.0. The minimum Gasteiger partial charge on any atom is -0.497 e. The first-order valence-electron chi connectivity index (χ1n) is 6.84. The molecule has 0 spiro atoms. The van der Waals surface area contributed by atoms with Gasteiger partial charge in [0.1, 0.15) is 17.9 Å². The van der Waals surface area contributed by atoms with Gasteiger partial charge in [-0.25, -0.2) is 0 Å². The molecule has 0 aliphatic carbocycles. The third-order valence-electron chi connectivity index (χ3n) is 3.61. The molecule has 0 fully saturated rings. The number of nitrogens with zero attached hydrogens (tertiary/aromatic N) is 2. The van der Waals surface area contributed by atoms with Crippen LogP contribution in [-0.2, 0) is 0 Å². The second kappa shape index (κ2) is 5.84. The van der Waals surface area contributed by atoms with E-state index in [1.807, 2.05) is 42.5 Å². The molecular weight excluding hydrogens is 276 g/mol. The number of fused-ring (bicyclic) bond motifs is 1. The maximum absolute atomic E-state index is 10.7. The van der Waals surface area contributed by atoms with E-state index in [9.17, 15) is 10.4 Å². The Hall–Kier alpha value is -2.90. The molecule has 4 nitrogen and oxygen atoms in total. The fourth-order valence-corrected chi connectivity index (χ4v) is 2.49. The molecule has 3 rings (SSSR count). The van der Waals surface area contributed by atoms with Crippen LogP contribution in [-0.4, -0.2) is 17.2 Å². The van der Waals surface area contributed by atoms with Gasteiger partial charge in [-0.1, -0.05) is 36.4 Å². The van der Waals surface area contributed by atoms with Crippen molar-refractivity contribution in [1.29, 1.82) is 5.26 Å². The quantitative estimate of drug-likeness (QED) is 0.804. The second-order valence-corrected chi connectivity index (χ2v) is 4.89. The number of ether oxygens (including phenoxy) is 1. The minimum absolute atomic E-state index is 0.497. The Morgan fingerprint density at radius 2 is 1.91 bits per heavy atom. The predicted molar refractivity (Wildman–Crippen MR) is 83.5 cm³/mol. The largest absolute Gasteiger partial charge is 0.497 e. The molecule has 1 atom stereocenters. The predicted octanol–water partition coefficient (Wildman–Crippen LogP) is 3.20. The molecule has 108 valence electrons. The summed E-state index contributed by atoms with van der Waals surface area (Å²) >= 11 is 0. The number of hydrogen-bond acceptors (Lipinski definition) is 4. The van der Waals surface area contributed by atoms with Crippen LogP contribution in [0.25, 0.3) is 10.8 Å². The summed E-state index contributed by atoms with van der Waals surface area (Å²) in [6, 6.07) is 16.8. The first-order chi connectivity index (χ1) is 10.7. The summed E-state index contributed by atoms with van der Waals surface area (Å²) in [5.41, 5.74) is 1.72. The van der Waals surface area contributed by atoms with Crippen molar-refractivity contribution in [3.63, 3.8) is 0 Å². The van der Waals surface area contributed by atoms with Gasteiger partial charge in [-0.2, -0.15) is 5.26 Å². The van der Waals surface area contributed by atoms with Crippen molar-refractivity contribution < 1.29 is 9.84 Å². The first kappa shape index (κ1) is 14.1. The van der Waals surface area contributed by atoms with Gasteiger partial charge in [0, 0.05) is 17.0 Å². The maximum atomic E-state index is 10.7. The number of hydrogen-bond donors (Lipinski definition) is 1. The topological polar surface area (TPSA) is 66.1 Å². The minimum atomic E-state index is -0.882. The lowest BCUT2D eigenvalue weighted by Crippen LogP contribution is -2.04. The van der Waals surface area contributed by atoms with E-state index in [0.29, 0.717) is 22.6 Å². The summed E-state index contributed by atoms with van der Waals surface area (Å²) < 4.78 is 5.19. The lowest BCUT2D eigenvalue weighted by molar-refractivity contribution is 0.216. The van der Waals surface area contributed by atoms with Crippen LogP contribution in [0.3, 0.4) is 0 Å². The van der Waals surface area contributed by atoms with Crippen molar-refractivity contribution in [1.82, 2.24) is 4.98 Å². The lowest BCUT2D eigenvalue weighted by atomic mass is 9.99. The number of aliphatic hydroxyl groups is 1. The number of aromatic nitrogens is 1. The standard InChI is InChI=1S/C18H14N2O2/c1-22-14-6-4-5-12(9-14)18(21)17-16-8-3-2-7-15(16)13(10-19)11-20-17/h2-9,11,18,21H,1H3. The Bertz CT molecular complexity index is 868. The molecule has 22 heavy (non-hydrogen) atoms. The summed E-state index contributed by atoms with van der Waals surface area (Å²) in [4.78, 5) is 4.30. The average molecular weight is 290 g/mol. The second-order valence-electron chi connectivity index (χ2n) is 4.89. The van der Waals surface area contributed by atoms with Crippen LogP contribution in [0, 0.1) is 11.3 Å². The average Bonchev–Trinajstić information content (AvgIpc) is 2.60. The molecule has 3 aromatic rings. The molecule has 1 unspecified atom stereocenters. The molecule has 4 heteroatoms. The van der Waals surface area contributed by atoms with E-state index in [2.05, 4.69) is 11.1 Å². The van der Waals surface area contributed by atoms with E-state index in [1.165, 1.54) is 6.20 Å². The van der Waals surface area contributed by atoms with Crippen molar-refractivity contribution in [2.24, 2.45) is 0 Å². The third-order valence-corrected chi connectivity index (χ3v) is 3.61. The van der Waals surface area contributed by atoms with Gasteiger partial charge < -0.3 is 9.84 Å². The van der Waals surface area contributed by atoms with Gasteiger partial charge in [-0.15, -0.1) is 0 Å². The van der Waals surface area contributed by atoms with Crippen LogP contribution in [0.1, 0.15) is 22.9 Å². The van der Waals surface area contributed by atoms with Crippen molar-refractivity contribution >= 4 is 10.8 Å². The smallest absolute Gasteiger partial charge is 0.122 e. The summed E-state index contributed by atoms with van der Waals surface area (Å²) in [5, 5.41) is 21.4. The van der Waals surface area contributed by atoms with Crippen molar-refractivity contribution in [2.45, 2.75) is 6.10 Å². The van der Waals surface area contributed by atoms with Crippen molar-refractivity contribution in [3.05, 3.63) is 71.5 Å². The number of pyridine rings is 1. The van der Waals surface area contributed by atoms with Gasteiger partial charge in [0.2, 0.25) is 0 Å². The van der Waals surface area contributed by atoms with E-state index in [-0.39, 0.29) is 0 Å². The highest BCUT2D eigenvalue weighted by Crippen LogP contribution is 2.30. The normalized spacial score (nSPS) is 11.9. The maximum Gasteiger partial charge on any atom is 0.122 e. The fourth-order valence-electron chi connectivity index (χ4n) is 2.49. The van der Waals surface area contributed by atoms with E-state index < -0.39 is 6.10 Å². The Labute approximate surface area is 128 Å². The molecule has 1 heterocycles. The van der Waals surface area contributed by atoms with Gasteiger partial charge in [0.05, 0.1) is 18.4 Å². The van der Waals surface area contributed by atoms with Crippen LogP contribution >= 0.6 is 0 Å². The van der Waals surface area contributed by atoms with Crippen LogP contribution in [0.4, 0.5) is 0 Å². The van der Waals surface area contributed by atoms with Gasteiger partial charge >= 0.3 is 0 Å². The van der Waals surface area contributed by atoms with Gasteiger partial charge in [-0.3, -0.25) is 4.98 Å². The van der Waals surface area contributed by atoms with Crippen LogP contribution in [0.15, 0.2) is 54.7 Å². The monoisotopic (exact) mass is 290 g/mol. The molecule has 0 aliphatic rings. The Balaban J connectivity index is 2.16. The lowest BCUT2D eigenvalue weighted by Gasteiger charge is -2.14.